The molecule has 6 N–H and O–H groups in total. The van der Waals surface area contributed by atoms with E-state index in [9.17, 15) is 31.6 Å². The Hall–Kier alpha value is -3.91. The fraction of sp³-hybridized carbons (Fsp3) is 0.105. The summed E-state index contributed by atoms with van der Waals surface area (Å²) in [6.45, 7) is 1.84. The van der Waals surface area contributed by atoms with Crippen LogP contribution in [-0.2, 0) is 16.3 Å². The Labute approximate surface area is 185 Å². The largest absolute Gasteiger partial charge is 0.722 e. The molecule has 0 amide bonds. The number of fused-ring (bicyclic) bond motifs is 1. The molecule has 0 saturated heterocycles. The molecule has 33 heavy (non-hydrogen) atoms. The highest BCUT2D eigenvalue weighted by Gasteiger charge is 2.30. The highest BCUT2D eigenvalue weighted by molar-refractivity contribution is 7.85. The van der Waals surface area contributed by atoms with Crippen molar-refractivity contribution in [3.63, 3.8) is 0 Å². The Morgan fingerprint density at radius 2 is 1.79 bits per heavy atom. The summed E-state index contributed by atoms with van der Waals surface area (Å²) in [6, 6.07) is 8.65. The van der Waals surface area contributed by atoms with E-state index < -0.39 is 33.2 Å². The quantitative estimate of drug-likeness (QED) is 0.109. The highest BCUT2D eigenvalue weighted by Crippen LogP contribution is 2.30. The third-order valence-corrected chi connectivity index (χ3v) is 4.95. The number of aromatic nitrogens is 1. The SMILES string of the molecule is Cc1ccc(S(=O)(=O)O)cc1.NC(N)=[N+]([O-])/N=C/c1c[nH]c2cc(C(F)(F)F)ccc2c1=O. The van der Waals surface area contributed by atoms with Crippen LogP contribution in [0.4, 0.5) is 13.2 Å². The van der Waals surface area contributed by atoms with Gasteiger partial charge in [-0.05, 0) is 37.3 Å². The number of nitrogens with two attached hydrogens (primary N) is 2. The zero-order valence-corrected chi connectivity index (χ0v) is 17.7. The second-order valence-electron chi connectivity index (χ2n) is 6.56. The number of aryl methyl sites for hydroxylation is 1. The topological polar surface area (TPSA) is 178 Å². The molecule has 0 saturated carbocycles. The van der Waals surface area contributed by atoms with Crippen molar-refractivity contribution in [2.24, 2.45) is 16.6 Å². The highest BCUT2D eigenvalue weighted by atomic mass is 32.2. The number of pyridine rings is 1. The first-order chi connectivity index (χ1) is 15.2. The maximum atomic E-state index is 12.6. The molecule has 0 aliphatic carbocycles. The average Bonchev–Trinajstić information content (AvgIpc) is 2.72. The lowest BCUT2D eigenvalue weighted by Crippen LogP contribution is -2.30. The number of nitrogens with zero attached hydrogens (tertiary/aromatic N) is 2. The van der Waals surface area contributed by atoms with Crippen LogP contribution in [0.15, 0.2) is 63.5 Å². The summed E-state index contributed by atoms with van der Waals surface area (Å²) >= 11 is 0. The summed E-state index contributed by atoms with van der Waals surface area (Å²) in [4.78, 5) is 14.5. The number of hydrazone groups is 1. The number of benzene rings is 2. The van der Waals surface area contributed by atoms with Gasteiger partial charge in [-0.15, -0.1) is 9.95 Å². The lowest BCUT2D eigenvalue weighted by atomic mass is 10.1. The second kappa shape index (κ2) is 9.70. The molecule has 3 aromatic rings. The first-order valence-electron chi connectivity index (χ1n) is 8.86. The average molecular weight is 485 g/mol. The van der Waals surface area contributed by atoms with E-state index in [0.717, 1.165) is 36.2 Å². The van der Waals surface area contributed by atoms with Gasteiger partial charge in [-0.2, -0.15) is 21.6 Å². The Bertz CT molecular complexity index is 1380. The molecular formula is C19H18F3N5O5S. The Balaban J connectivity index is 0.000000294. The van der Waals surface area contributed by atoms with Crippen LogP contribution < -0.4 is 16.9 Å². The first-order valence-corrected chi connectivity index (χ1v) is 10.3. The number of H-pyrrole nitrogens is 1. The van der Waals surface area contributed by atoms with Crippen molar-refractivity contribution in [2.75, 3.05) is 0 Å². The Kier molecular flexibility index (Phi) is 7.45. The van der Waals surface area contributed by atoms with Crippen LogP contribution in [0, 0.1) is 12.1 Å². The molecule has 0 spiro atoms. The van der Waals surface area contributed by atoms with E-state index in [1.54, 1.807) is 12.1 Å². The number of hydrogen-bond donors (Lipinski definition) is 4. The van der Waals surface area contributed by atoms with E-state index in [2.05, 4.69) is 10.1 Å². The van der Waals surface area contributed by atoms with Crippen molar-refractivity contribution in [3.8, 4) is 0 Å². The third-order valence-electron chi connectivity index (χ3n) is 4.08. The molecule has 3 rings (SSSR count). The molecule has 0 fully saturated rings. The lowest BCUT2D eigenvalue weighted by molar-refractivity contribution is -0.463. The Morgan fingerprint density at radius 3 is 2.30 bits per heavy atom. The lowest BCUT2D eigenvalue weighted by Gasteiger charge is -2.07. The summed E-state index contributed by atoms with van der Waals surface area (Å²) in [5.41, 5.74) is 9.44. The van der Waals surface area contributed by atoms with E-state index in [0.29, 0.717) is 0 Å². The number of guanidine groups is 1. The number of hydrogen-bond acceptors (Lipinski definition) is 5. The van der Waals surface area contributed by atoms with Crippen LogP contribution in [0.2, 0.25) is 0 Å². The van der Waals surface area contributed by atoms with Gasteiger partial charge in [0.15, 0.2) is 5.43 Å². The summed E-state index contributed by atoms with van der Waals surface area (Å²) < 4.78 is 67.4. The van der Waals surface area contributed by atoms with Crippen LogP contribution in [0.25, 0.3) is 10.9 Å². The van der Waals surface area contributed by atoms with Crippen LogP contribution in [-0.4, -0.2) is 35.0 Å². The summed E-state index contributed by atoms with van der Waals surface area (Å²) in [5.74, 6) is -0.622. The zero-order valence-electron chi connectivity index (χ0n) is 16.9. The molecule has 0 radical (unpaired) electrons. The third kappa shape index (κ3) is 6.78. The van der Waals surface area contributed by atoms with Crippen molar-refractivity contribution in [2.45, 2.75) is 18.0 Å². The van der Waals surface area contributed by atoms with Crippen LogP contribution >= 0.6 is 0 Å². The number of alkyl halides is 3. The molecule has 14 heteroatoms. The maximum Gasteiger partial charge on any atom is 0.416 e. The van der Waals surface area contributed by atoms with Crippen molar-refractivity contribution in [1.82, 2.24) is 4.98 Å². The van der Waals surface area contributed by atoms with Crippen molar-refractivity contribution < 1.29 is 31.0 Å². The molecule has 1 heterocycles. The fourth-order valence-corrected chi connectivity index (χ4v) is 2.88. The minimum Gasteiger partial charge on any atom is -0.722 e. The van der Waals surface area contributed by atoms with Crippen molar-refractivity contribution in [3.05, 3.63) is 80.8 Å². The van der Waals surface area contributed by atoms with Gasteiger partial charge < -0.3 is 10.2 Å². The Morgan fingerprint density at radius 1 is 1.18 bits per heavy atom. The number of aromatic amines is 1. The van der Waals surface area contributed by atoms with Gasteiger partial charge in [0.1, 0.15) is 0 Å². The summed E-state index contributed by atoms with van der Waals surface area (Å²) in [7, 11) is -4.02. The van der Waals surface area contributed by atoms with Gasteiger partial charge in [0, 0.05) is 17.1 Å². The van der Waals surface area contributed by atoms with Gasteiger partial charge in [-0.3, -0.25) is 20.8 Å². The molecule has 10 nitrogen and oxygen atoms in total. The number of rotatable bonds is 3. The van der Waals surface area contributed by atoms with E-state index in [1.165, 1.54) is 12.1 Å². The standard InChI is InChI=1S/C12H10F3N5O2.C7H8O3S/c13-12(14,15)7-1-2-8-9(3-7)18-4-6(10(8)21)5-19-20(22)11(16)17;1-6-2-4-7(5-3-6)11(8,9)10/h1-5H,16-17H2,(H,18,21);2-5H,1H3,(H,8,9,10)/b19-5+;. The maximum absolute atomic E-state index is 12.6. The molecule has 0 aliphatic rings. The molecule has 0 atom stereocenters. The number of nitrogens with one attached hydrogen (secondary N) is 1. The van der Waals surface area contributed by atoms with Crippen molar-refractivity contribution >= 4 is 33.2 Å². The summed E-state index contributed by atoms with van der Waals surface area (Å²) in [6.07, 6.45) is -2.47. The van der Waals surface area contributed by atoms with Gasteiger partial charge in [-0.25, -0.2) is 0 Å². The van der Waals surface area contributed by atoms with Gasteiger partial charge in [0.2, 0.25) is 0 Å². The van der Waals surface area contributed by atoms with Gasteiger partial charge in [0.05, 0.1) is 22.2 Å². The first kappa shape index (κ1) is 25.4. The minimum atomic E-state index is -4.51. The van der Waals surface area contributed by atoms with Gasteiger partial charge in [0.25, 0.3) is 10.1 Å². The molecular weight excluding hydrogens is 467 g/mol. The number of halogens is 3. The monoisotopic (exact) mass is 485 g/mol. The minimum absolute atomic E-state index is 0.0147. The fourth-order valence-electron chi connectivity index (χ4n) is 2.40. The predicted octanol–water partition coefficient (Wildman–Crippen LogP) is 1.91. The van der Waals surface area contributed by atoms with E-state index >= 15 is 0 Å². The van der Waals surface area contributed by atoms with Crippen LogP contribution in [0.5, 0.6) is 0 Å². The van der Waals surface area contributed by atoms with E-state index in [-0.39, 0.29) is 26.2 Å². The van der Waals surface area contributed by atoms with Crippen LogP contribution in [0.1, 0.15) is 16.7 Å². The molecule has 2 aromatic carbocycles. The van der Waals surface area contributed by atoms with Crippen LogP contribution in [0.3, 0.4) is 0 Å². The van der Waals surface area contributed by atoms with E-state index in [4.69, 9.17) is 16.0 Å². The molecule has 0 bridgehead atoms. The molecule has 0 aliphatic heterocycles. The predicted molar refractivity (Wildman–Crippen MR) is 115 cm³/mol. The summed E-state index contributed by atoms with van der Waals surface area (Å²) in [5, 5.41) is 14.4. The van der Waals surface area contributed by atoms with Crippen molar-refractivity contribution in [1.29, 1.82) is 0 Å². The van der Waals surface area contributed by atoms with Gasteiger partial charge in [-0.1, -0.05) is 17.7 Å². The second-order valence-corrected chi connectivity index (χ2v) is 7.98. The van der Waals surface area contributed by atoms with Gasteiger partial charge >= 0.3 is 12.1 Å². The molecule has 176 valence electrons. The zero-order chi connectivity index (χ0) is 25.0. The smallest absolute Gasteiger partial charge is 0.416 e. The molecule has 0 unspecified atom stereocenters. The van der Waals surface area contributed by atoms with E-state index in [1.807, 2.05) is 6.92 Å². The normalized spacial score (nSPS) is 11.8. The molecule has 1 aromatic heterocycles.